The molecule has 0 spiro atoms. The molecule has 15 heteroatoms. The van der Waals surface area contributed by atoms with Crippen molar-refractivity contribution in [3.8, 4) is 11.4 Å². The normalized spacial score (nSPS) is 21.4. The average molecular weight is 689 g/mol. The third kappa shape index (κ3) is 6.06. The van der Waals surface area contributed by atoms with E-state index in [1.54, 1.807) is 7.11 Å². The van der Waals surface area contributed by atoms with Crippen LogP contribution >= 0.6 is 0 Å². The maximum Gasteiger partial charge on any atom is 0.353 e. The Kier molecular flexibility index (Phi) is 9.46. The molecule has 0 bridgehead atoms. The zero-order chi connectivity index (χ0) is 34.8. The molecule has 0 aliphatic carbocycles. The number of anilines is 1. The van der Waals surface area contributed by atoms with Gasteiger partial charge in [-0.25, -0.2) is 27.8 Å². The highest BCUT2D eigenvalue weighted by atomic mass is 19.1. The van der Waals surface area contributed by atoms with Crippen molar-refractivity contribution < 1.29 is 27.7 Å². The summed E-state index contributed by atoms with van der Waals surface area (Å²) in [5.41, 5.74) is 1.87. The fourth-order valence-electron chi connectivity index (χ4n) is 6.84. The lowest BCUT2D eigenvalue weighted by Crippen LogP contribution is -2.46. The molecule has 2 aromatic heterocycles. The molecule has 4 atom stereocenters. The molecule has 50 heavy (non-hydrogen) atoms. The second-order valence-corrected chi connectivity index (χ2v) is 12.1. The Morgan fingerprint density at radius 2 is 1.88 bits per heavy atom. The van der Waals surface area contributed by atoms with E-state index >= 15 is 4.39 Å². The minimum Gasteiger partial charge on any atom is -0.496 e. The number of ether oxygens (including phenoxy) is 4. The van der Waals surface area contributed by atoms with E-state index in [4.69, 9.17) is 24.0 Å². The summed E-state index contributed by atoms with van der Waals surface area (Å²) in [5, 5.41) is 12.5. The first-order valence-corrected chi connectivity index (χ1v) is 16.4. The van der Waals surface area contributed by atoms with Gasteiger partial charge in [-0.05, 0) is 36.8 Å². The molecule has 7 rings (SSSR count). The SMILES string of the molecule is CCC(OC)n1nc(C2COC(Cn3cncn3)(c3ccc(F)cc3F)O2)n(-c2ccccc2N2CCNCC2c2ccccc2OC)c1=O. The molecule has 2 aliphatic rings. The zero-order valence-electron chi connectivity index (χ0n) is 27.9. The highest BCUT2D eigenvalue weighted by molar-refractivity contribution is 5.65. The van der Waals surface area contributed by atoms with Crippen molar-refractivity contribution in [3.63, 3.8) is 0 Å². The van der Waals surface area contributed by atoms with Crippen molar-refractivity contribution in [1.29, 1.82) is 0 Å². The van der Waals surface area contributed by atoms with Crippen LogP contribution in [0.2, 0.25) is 0 Å². The van der Waals surface area contributed by atoms with Crippen molar-refractivity contribution in [3.05, 3.63) is 118 Å². The summed E-state index contributed by atoms with van der Waals surface area (Å²) in [5.74, 6) is -2.37. The number of nitrogens with one attached hydrogen (secondary N) is 1. The lowest BCUT2D eigenvalue weighted by molar-refractivity contribution is -0.192. The number of halogens is 2. The van der Waals surface area contributed by atoms with Crippen molar-refractivity contribution >= 4 is 5.69 Å². The molecule has 2 aliphatic heterocycles. The zero-order valence-corrected chi connectivity index (χ0v) is 27.9. The molecule has 5 aromatic rings. The summed E-state index contributed by atoms with van der Waals surface area (Å²) in [6, 6.07) is 18.6. The number of piperazine rings is 1. The van der Waals surface area contributed by atoms with Crippen LogP contribution in [0.4, 0.5) is 14.5 Å². The number of rotatable bonds is 11. The number of nitrogens with zero attached hydrogens (tertiary/aromatic N) is 7. The number of hydrogen-bond donors (Lipinski definition) is 1. The molecule has 4 unspecified atom stereocenters. The summed E-state index contributed by atoms with van der Waals surface area (Å²) in [6.45, 7) is 3.68. The van der Waals surface area contributed by atoms with E-state index in [2.05, 4.69) is 20.3 Å². The topological polar surface area (TPSA) is 123 Å². The molecule has 2 saturated heterocycles. The maximum absolute atomic E-state index is 15.4. The van der Waals surface area contributed by atoms with Gasteiger partial charge in [0.05, 0.1) is 31.1 Å². The Bertz CT molecular complexity index is 2000. The van der Waals surface area contributed by atoms with E-state index < -0.39 is 35.4 Å². The molecule has 262 valence electrons. The van der Waals surface area contributed by atoms with Gasteiger partial charge in [-0.15, -0.1) is 5.10 Å². The third-order valence-corrected chi connectivity index (χ3v) is 9.16. The van der Waals surface area contributed by atoms with Gasteiger partial charge in [0.25, 0.3) is 0 Å². The van der Waals surface area contributed by atoms with Gasteiger partial charge in [0, 0.05) is 43.9 Å². The van der Waals surface area contributed by atoms with Gasteiger partial charge in [-0.2, -0.15) is 9.78 Å². The second kappa shape index (κ2) is 14.1. The predicted octanol–water partition coefficient (Wildman–Crippen LogP) is 4.26. The van der Waals surface area contributed by atoms with Crippen molar-refractivity contribution in [2.24, 2.45) is 0 Å². The lowest BCUT2D eigenvalue weighted by Gasteiger charge is -2.39. The van der Waals surface area contributed by atoms with Gasteiger partial charge in [-0.3, -0.25) is 0 Å². The Labute approximate surface area is 287 Å². The molecule has 2 fully saturated rings. The van der Waals surface area contributed by atoms with Crippen LogP contribution in [0.25, 0.3) is 5.69 Å². The number of methoxy groups -OCH3 is 2. The van der Waals surface area contributed by atoms with E-state index in [1.165, 1.54) is 39.8 Å². The Morgan fingerprint density at radius 3 is 2.62 bits per heavy atom. The van der Waals surface area contributed by atoms with Crippen LogP contribution in [0.5, 0.6) is 5.75 Å². The first kappa shape index (κ1) is 33.5. The monoisotopic (exact) mass is 688 g/mol. The van der Waals surface area contributed by atoms with Crippen LogP contribution in [-0.2, 0) is 26.5 Å². The van der Waals surface area contributed by atoms with Gasteiger partial charge in [-0.1, -0.05) is 37.3 Å². The molecule has 3 aromatic carbocycles. The number of para-hydroxylation sites is 3. The Morgan fingerprint density at radius 1 is 1.08 bits per heavy atom. The number of aromatic nitrogens is 6. The largest absolute Gasteiger partial charge is 0.496 e. The average Bonchev–Trinajstić information content (AvgIpc) is 3.89. The lowest BCUT2D eigenvalue weighted by atomic mass is 10.0. The Balaban J connectivity index is 1.36. The third-order valence-electron chi connectivity index (χ3n) is 9.16. The summed E-state index contributed by atoms with van der Waals surface area (Å²) >= 11 is 0. The van der Waals surface area contributed by atoms with E-state index in [-0.39, 0.29) is 30.6 Å². The summed E-state index contributed by atoms with van der Waals surface area (Å²) in [6.07, 6.45) is 1.60. The highest BCUT2D eigenvalue weighted by Crippen LogP contribution is 2.44. The molecule has 0 amide bonds. The highest BCUT2D eigenvalue weighted by Gasteiger charge is 2.48. The van der Waals surface area contributed by atoms with Gasteiger partial charge < -0.3 is 29.2 Å². The summed E-state index contributed by atoms with van der Waals surface area (Å²) in [7, 11) is 3.17. The van der Waals surface area contributed by atoms with Crippen LogP contribution in [0, 0.1) is 11.6 Å². The van der Waals surface area contributed by atoms with Crippen LogP contribution in [-0.4, -0.2) is 69.6 Å². The smallest absolute Gasteiger partial charge is 0.353 e. The molecule has 4 heterocycles. The van der Waals surface area contributed by atoms with Crippen molar-refractivity contribution in [2.75, 3.05) is 45.4 Å². The molecular weight excluding hydrogens is 650 g/mol. The van der Waals surface area contributed by atoms with E-state index in [9.17, 15) is 9.18 Å². The fraction of sp³-hybridized carbons (Fsp3) is 0.371. The van der Waals surface area contributed by atoms with Gasteiger partial charge in [0.1, 0.15) is 42.7 Å². The van der Waals surface area contributed by atoms with Gasteiger partial charge >= 0.3 is 5.69 Å². The van der Waals surface area contributed by atoms with Gasteiger partial charge in [0.2, 0.25) is 5.79 Å². The van der Waals surface area contributed by atoms with Gasteiger partial charge in [0.15, 0.2) is 12.1 Å². The van der Waals surface area contributed by atoms with Crippen molar-refractivity contribution in [1.82, 2.24) is 34.4 Å². The number of hydrogen-bond acceptors (Lipinski definition) is 10. The van der Waals surface area contributed by atoms with E-state index in [0.717, 1.165) is 35.7 Å². The summed E-state index contributed by atoms with van der Waals surface area (Å²) < 4.78 is 58.0. The Hall–Kier alpha value is -4.96. The standard InChI is InChI=1S/C35H38F2N8O5/c1-4-32(48-3)45-34(46)44(28-11-7-6-10-27(28)43-16-15-38-18-29(43)24-9-5-8-12-30(24)47-2)33(41-45)31-19-49-35(50-31,20-42-22-39-21-40-42)25-14-13-23(36)17-26(25)37/h5-14,17,21-22,29,31-32,38H,4,15-16,18-20H2,1-3H3. The first-order valence-electron chi connectivity index (χ1n) is 16.4. The maximum atomic E-state index is 15.4. The molecule has 0 saturated carbocycles. The minimum atomic E-state index is -1.75. The van der Waals surface area contributed by atoms with E-state index in [0.29, 0.717) is 25.2 Å². The van der Waals surface area contributed by atoms with Crippen LogP contribution < -0.4 is 20.6 Å². The molecule has 0 radical (unpaired) electrons. The van der Waals surface area contributed by atoms with Crippen LogP contribution in [0.15, 0.2) is 84.2 Å². The minimum absolute atomic E-state index is 0.0329. The first-order chi connectivity index (χ1) is 24.4. The van der Waals surface area contributed by atoms with Crippen LogP contribution in [0.1, 0.15) is 48.7 Å². The summed E-state index contributed by atoms with van der Waals surface area (Å²) in [4.78, 5) is 20.7. The molecular formula is C35H38F2N8O5. The number of benzene rings is 3. The predicted molar refractivity (Wildman–Crippen MR) is 178 cm³/mol. The van der Waals surface area contributed by atoms with E-state index in [1.807, 2.05) is 55.5 Å². The quantitative estimate of drug-likeness (QED) is 0.216. The fourth-order valence-corrected chi connectivity index (χ4v) is 6.84. The second-order valence-electron chi connectivity index (χ2n) is 12.1. The van der Waals surface area contributed by atoms with Crippen LogP contribution in [0.3, 0.4) is 0 Å². The molecule has 13 nitrogen and oxygen atoms in total. The molecule has 1 N–H and O–H groups in total. The van der Waals surface area contributed by atoms with Crippen molar-refractivity contribution in [2.45, 2.75) is 44.1 Å².